The van der Waals surface area contributed by atoms with E-state index in [0.717, 1.165) is 31.0 Å². The summed E-state index contributed by atoms with van der Waals surface area (Å²) in [6.07, 6.45) is 3.15. The zero-order chi connectivity index (χ0) is 20.1. The number of hydrogen-bond acceptors (Lipinski definition) is 7. The van der Waals surface area contributed by atoms with Crippen LogP contribution in [0.25, 0.3) is 0 Å². The second kappa shape index (κ2) is 9.24. The summed E-state index contributed by atoms with van der Waals surface area (Å²) < 4.78 is 4.86. The Kier molecular flexibility index (Phi) is 6.74. The van der Waals surface area contributed by atoms with Crippen molar-refractivity contribution in [3.63, 3.8) is 0 Å². The van der Waals surface area contributed by atoms with E-state index in [2.05, 4.69) is 28.2 Å². The highest BCUT2D eigenvalue weighted by molar-refractivity contribution is 8.00. The molecule has 2 aromatic heterocycles. The molecule has 10 heteroatoms. The van der Waals surface area contributed by atoms with Crippen LogP contribution in [-0.2, 0) is 22.4 Å². The number of nitrogens with zero attached hydrogens (tertiary/aromatic N) is 1. The van der Waals surface area contributed by atoms with E-state index in [-0.39, 0.29) is 29.2 Å². The van der Waals surface area contributed by atoms with Crippen molar-refractivity contribution in [2.24, 2.45) is 5.92 Å². The molecule has 1 aliphatic rings. The highest BCUT2D eigenvalue weighted by Crippen LogP contribution is 2.32. The maximum Gasteiger partial charge on any atom is 0.279 e. The molecule has 1 atom stereocenters. The van der Waals surface area contributed by atoms with E-state index in [4.69, 9.17) is 4.52 Å². The number of nitrogens with one attached hydrogen (secondary N) is 3. The standard InChI is InChI=1S/C18H22N4O4S2/c1-10-3-4-13-12(5-10)7-14(28-13)18(25)21-20-17(24)9-27-8-16(23)19-15-6-11(2)26-22-15/h6-7,10H,3-5,8-9H2,1-2H3,(H,20,24)(H,21,25)(H,19,22,23). The van der Waals surface area contributed by atoms with E-state index in [1.54, 1.807) is 13.0 Å². The summed E-state index contributed by atoms with van der Waals surface area (Å²) in [5.41, 5.74) is 6.06. The fourth-order valence-corrected chi connectivity index (χ4v) is 4.60. The molecule has 8 nitrogen and oxygen atoms in total. The molecule has 3 rings (SSSR count). The molecule has 0 radical (unpaired) electrons. The van der Waals surface area contributed by atoms with Gasteiger partial charge in [0.2, 0.25) is 11.8 Å². The van der Waals surface area contributed by atoms with E-state index in [1.807, 2.05) is 6.07 Å². The first-order chi connectivity index (χ1) is 13.4. The number of amides is 3. The lowest BCUT2D eigenvalue weighted by molar-refractivity contribution is -0.119. The normalized spacial score (nSPS) is 15.6. The quantitative estimate of drug-likeness (QED) is 0.616. The summed E-state index contributed by atoms with van der Waals surface area (Å²) in [7, 11) is 0. The number of hydrogen-bond donors (Lipinski definition) is 3. The molecule has 1 aliphatic carbocycles. The Hall–Kier alpha value is -2.33. The van der Waals surface area contributed by atoms with Crippen LogP contribution < -0.4 is 16.2 Å². The van der Waals surface area contributed by atoms with Gasteiger partial charge < -0.3 is 9.84 Å². The molecule has 28 heavy (non-hydrogen) atoms. The molecule has 0 fully saturated rings. The van der Waals surface area contributed by atoms with Gasteiger partial charge in [-0.15, -0.1) is 23.1 Å². The van der Waals surface area contributed by atoms with Crippen LogP contribution in [-0.4, -0.2) is 34.4 Å². The Bertz CT molecular complexity index is 877. The van der Waals surface area contributed by atoms with Crippen LogP contribution in [0.4, 0.5) is 5.82 Å². The molecular formula is C18H22N4O4S2. The molecule has 3 N–H and O–H groups in total. The minimum absolute atomic E-state index is 0.0456. The fourth-order valence-electron chi connectivity index (χ4n) is 2.88. The number of hydrazine groups is 1. The number of thioether (sulfide) groups is 1. The van der Waals surface area contributed by atoms with E-state index in [1.165, 1.54) is 21.8 Å². The van der Waals surface area contributed by atoms with Crippen molar-refractivity contribution < 1.29 is 18.9 Å². The van der Waals surface area contributed by atoms with Crippen molar-refractivity contribution in [1.29, 1.82) is 0 Å². The van der Waals surface area contributed by atoms with Gasteiger partial charge in [0.1, 0.15) is 5.76 Å². The van der Waals surface area contributed by atoms with Crippen molar-refractivity contribution in [1.82, 2.24) is 16.0 Å². The van der Waals surface area contributed by atoms with E-state index >= 15 is 0 Å². The molecule has 150 valence electrons. The van der Waals surface area contributed by atoms with Crippen molar-refractivity contribution >= 4 is 46.6 Å². The van der Waals surface area contributed by atoms with Gasteiger partial charge >= 0.3 is 0 Å². The number of thiophene rings is 1. The smallest absolute Gasteiger partial charge is 0.279 e. The highest BCUT2D eigenvalue weighted by atomic mass is 32.2. The Morgan fingerprint density at radius 3 is 2.79 bits per heavy atom. The van der Waals surface area contributed by atoms with Gasteiger partial charge in [0.15, 0.2) is 5.82 Å². The summed E-state index contributed by atoms with van der Waals surface area (Å²) >= 11 is 2.62. The van der Waals surface area contributed by atoms with Gasteiger partial charge in [-0.05, 0) is 43.7 Å². The fraction of sp³-hybridized carbons (Fsp3) is 0.444. The molecule has 0 spiro atoms. The maximum atomic E-state index is 12.2. The zero-order valence-corrected chi connectivity index (χ0v) is 17.3. The van der Waals surface area contributed by atoms with Crippen LogP contribution in [0.1, 0.15) is 39.2 Å². The summed E-state index contributed by atoms with van der Waals surface area (Å²) in [5.74, 6) is 0.733. The van der Waals surface area contributed by atoms with Crippen LogP contribution >= 0.6 is 23.1 Å². The topological polar surface area (TPSA) is 113 Å². The molecule has 3 amide bonds. The summed E-state index contributed by atoms with van der Waals surface area (Å²) in [6, 6.07) is 3.52. The lowest BCUT2D eigenvalue weighted by atomic mass is 9.90. The molecule has 1 unspecified atom stereocenters. The van der Waals surface area contributed by atoms with Gasteiger partial charge in [-0.2, -0.15) is 0 Å². The van der Waals surface area contributed by atoms with Gasteiger partial charge in [-0.25, -0.2) is 0 Å². The Morgan fingerprint density at radius 1 is 1.25 bits per heavy atom. The molecule has 0 bridgehead atoms. The van der Waals surface area contributed by atoms with Crippen LogP contribution in [0.5, 0.6) is 0 Å². The number of carbonyl (C=O) groups excluding carboxylic acids is 3. The minimum atomic E-state index is -0.377. The zero-order valence-electron chi connectivity index (χ0n) is 15.7. The maximum absolute atomic E-state index is 12.2. The van der Waals surface area contributed by atoms with E-state index in [9.17, 15) is 14.4 Å². The van der Waals surface area contributed by atoms with Gasteiger partial charge in [-0.3, -0.25) is 25.2 Å². The predicted molar refractivity (Wildman–Crippen MR) is 108 cm³/mol. The van der Waals surface area contributed by atoms with Crippen LogP contribution in [0.2, 0.25) is 0 Å². The SMILES string of the molecule is Cc1cc(NC(=O)CSCC(=O)NNC(=O)c2cc3c(s2)CCC(C)C3)no1. The molecule has 0 saturated heterocycles. The second-order valence-corrected chi connectivity index (χ2v) is 8.90. The third kappa shape index (κ3) is 5.59. The largest absolute Gasteiger partial charge is 0.360 e. The average molecular weight is 423 g/mol. The number of carbonyl (C=O) groups is 3. The Labute approximate surface area is 170 Å². The van der Waals surface area contributed by atoms with Crippen molar-refractivity contribution in [2.75, 3.05) is 16.8 Å². The van der Waals surface area contributed by atoms with Gasteiger partial charge in [0.25, 0.3) is 5.91 Å². The Balaban J connectivity index is 1.36. The van der Waals surface area contributed by atoms with Crippen molar-refractivity contribution in [2.45, 2.75) is 33.1 Å². The molecule has 0 aromatic carbocycles. The lowest BCUT2D eigenvalue weighted by Crippen LogP contribution is -2.42. The third-order valence-electron chi connectivity index (χ3n) is 4.23. The lowest BCUT2D eigenvalue weighted by Gasteiger charge is -2.16. The molecule has 0 saturated carbocycles. The molecule has 2 heterocycles. The number of anilines is 1. The van der Waals surface area contributed by atoms with E-state index < -0.39 is 0 Å². The second-order valence-electron chi connectivity index (χ2n) is 6.77. The predicted octanol–water partition coefficient (Wildman–Crippen LogP) is 2.30. The number of aromatic nitrogens is 1. The first-order valence-corrected chi connectivity index (χ1v) is 10.9. The summed E-state index contributed by atoms with van der Waals surface area (Å²) in [6.45, 7) is 3.94. The highest BCUT2D eigenvalue weighted by Gasteiger charge is 2.20. The first kappa shape index (κ1) is 20.4. The van der Waals surface area contributed by atoms with Crippen molar-refractivity contribution in [3.8, 4) is 0 Å². The van der Waals surface area contributed by atoms with Gasteiger partial charge in [0.05, 0.1) is 16.4 Å². The minimum Gasteiger partial charge on any atom is -0.360 e. The first-order valence-electron chi connectivity index (χ1n) is 8.92. The monoisotopic (exact) mass is 422 g/mol. The van der Waals surface area contributed by atoms with Crippen LogP contribution in [0.15, 0.2) is 16.7 Å². The molecule has 2 aromatic rings. The van der Waals surface area contributed by atoms with Gasteiger partial charge in [0, 0.05) is 10.9 Å². The molecule has 0 aliphatic heterocycles. The van der Waals surface area contributed by atoms with Gasteiger partial charge in [-0.1, -0.05) is 12.1 Å². The third-order valence-corrected chi connectivity index (χ3v) is 6.40. The molecular weight excluding hydrogens is 400 g/mol. The van der Waals surface area contributed by atoms with Crippen LogP contribution in [0, 0.1) is 12.8 Å². The number of fused-ring (bicyclic) bond motifs is 1. The van der Waals surface area contributed by atoms with E-state index in [0.29, 0.717) is 22.4 Å². The Morgan fingerprint density at radius 2 is 2.04 bits per heavy atom. The number of aryl methyl sites for hydroxylation is 2. The summed E-state index contributed by atoms with van der Waals surface area (Å²) in [4.78, 5) is 37.7. The number of rotatable bonds is 6. The van der Waals surface area contributed by atoms with Crippen LogP contribution in [0.3, 0.4) is 0 Å². The van der Waals surface area contributed by atoms with Crippen molar-refractivity contribution in [3.05, 3.63) is 33.2 Å². The summed E-state index contributed by atoms with van der Waals surface area (Å²) in [5, 5.41) is 6.23. The average Bonchev–Trinajstić information content (AvgIpc) is 3.25.